The first kappa shape index (κ1) is 21.1. The van der Waals surface area contributed by atoms with Crippen molar-refractivity contribution in [3.63, 3.8) is 0 Å². The number of hydrogen-bond donors (Lipinski definition) is 1. The standard InChI is InChI=1S/C22H29NO6/c1-21(2,3)29-19(26)17-11-22(12-17)10-9-16(18(24)25)13-23(22)20(27)28-14-15-7-5-4-6-8-15/h4-8,16-17H,9-14H2,1-3H3,(H,24,25). The smallest absolute Gasteiger partial charge is 0.410 e. The Kier molecular flexibility index (Phi) is 5.87. The van der Waals surface area contributed by atoms with Gasteiger partial charge in [0.25, 0.3) is 0 Å². The van der Waals surface area contributed by atoms with Crippen molar-refractivity contribution in [3.8, 4) is 0 Å². The van der Waals surface area contributed by atoms with Crippen LogP contribution in [0, 0.1) is 11.8 Å². The summed E-state index contributed by atoms with van der Waals surface area (Å²) in [4.78, 5) is 38.3. The van der Waals surface area contributed by atoms with Crippen molar-refractivity contribution < 1.29 is 29.0 Å². The number of carboxylic acids is 1. The average molecular weight is 403 g/mol. The number of carboxylic acid groups (broad SMARTS) is 1. The number of carbonyl (C=O) groups is 3. The van der Waals surface area contributed by atoms with Crippen LogP contribution in [0.2, 0.25) is 0 Å². The molecule has 1 unspecified atom stereocenters. The third-order valence-corrected chi connectivity index (χ3v) is 5.70. The molecule has 3 rings (SSSR count). The largest absolute Gasteiger partial charge is 0.481 e. The maximum atomic E-state index is 12.8. The Bertz CT molecular complexity index is 763. The van der Waals surface area contributed by atoms with Crippen LogP contribution in [0.5, 0.6) is 0 Å². The summed E-state index contributed by atoms with van der Waals surface area (Å²) < 4.78 is 10.9. The monoisotopic (exact) mass is 403 g/mol. The molecule has 0 bridgehead atoms. The molecule has 1 aromatic rings. The summed E-state index contributed by atoms with van der Waals surface area (Å²) in [6.45, 7) is 5.70. The number of amides is 1. The molecule has 0 aromatic heterocycles. The molecule has 1 amide bonds. The zero-order chi connectivity index (χ0) is 21.2. The van der Waals surface area contributed by atoms with Crippen molar-refractivity contribution in [1.29, 1.82) is 0 Å². The van der Waals surface area contributed by atoms with Crippen LogP contribution in [0.15, 0.2) is 30.3 Å². The molecule has 29 heavy (non-hydrogen) atoms. The van der Waals surface area contributed by atoms with Gasteiger partial charge in [-0.2, -0.15) is 0 Å². The first-order valence-corrected chi connectivity index (χ1v) is 10.0. The van der Waals surface area contributed by atoms with Crippen LogP contribution in [-0.4, -0.2) is 45.7 Å². The van der Waals surface area contributed by atoms with E-state index in [1.165, 1.54) is 0 Å². The van der Waals surface area contributed by atoms with Crippen molar-refractivity contribution in [2.75, 3.05) is 6.54 Å². The first-order chi connectivity index (χ1) is 13.6. The highest BCUT2D eigenvalue weighted by atomic mass is 16.6. The quantitative estimate of drug-likeness (QED) is 0.772. The van der Waals surface area contributed by atoms with E-state index in [2.05, 4.69) is 0 Å². The topological polar surface area (TPSA) is 93.1 Å². The lowest BCUT2D eigenvalue weighted by molar-refractivity contribution is -0.173. The predicted octanol–water partition coefficient (Wildman–Crippen LogP) is 3.61. The second-order valence-electron chi connectivity index (χ2n) is 9.09. The molecule has 7 heteroatoms. The van der Waals surface area contributed by atoms with E-state index in [9.17, 15) is 19.5 Å². The van der Waals surface area contributed by atoms with Gasteiger partial charge in [-0.05, 0) is 52.0 Å². The molecule has 2 aliphatic rings. The number of aliphatic carboxylic acids is 1. The van der Waals surface area contributed by atoms with Crippen molar-refractivity contribution in [1.82, 2.24) is 4.90 Å². The maximum Gasteiger partial charge on any atom is 0.410 e. The molecule has 1 spiro atoms. The number of nitrogens with zero attached hydrogens (tertiary/aromatic N) is 1. The SMILES string of the molecule is CC(C)(C)OC(=O)C1CC2(CCC(C(=O)O)CN2C(=O)OCc2ccccc2)C1. The molecule has 1 atom stereocenters. The third-order valence-electron chi connectivity index (χ3n) is 5.70. The highest BCUT2D eigenvalue weighted by Crippen LogP contribution is 2.50. The molecule has 1 heterocycles. The fourth-order valence-electron chi connectivity index (χ4n) is 4.18. The fraction of sp³-hybridized carbons (Fsp3) is 0.591. The van der Waals surface area contributed by atoms with Crippen LogP contribution < -0.4 is 0 Å². The lowest BCUT2D eigenvalue weighted by Gasteiger charge is -2.56. The normalized spacial score (nSPS) is 26.5. The molecule has 1 saturated carbocycles. The molecule has 1 aliphatic heterocycles. The van der Waals surface area contributed by atoms with Gasteiger partial charge in [-0.3, -0.25) is 9.59 Å². The van der Waals surface area contributed by atoms with Gasteiger partial charge in [-0.15, -0.1) is 0 Å². The predicted molar refractivity (Wildman–Crippen MR) is 105 cm³/mol. The van der Waals surface area contributed by atoms with Crippen molar-refractivity contribution in [3.05, 3.63) is 35.9 Å². The summed E-state index contributed by atoms with van der Waals surface area (Å²) in [7, 11) is 0. The van der Waals surface area contributed by atoms with Crippen LogP contribution >= 0.6 is 0 Å². The second-order valence-corrected chi connectivity index (χ2v) is 9.09. The summed E-state index contributed by atoms with van der Waals surface area (Å²) >= 11 is 0. The van der Waals surface area contributed by atoms with E-state index in [0.717, 1.165) is 5.56 Å². The minimum absolute atomic E-state index is 0.101. The third kappa shape index (κ3) is 4.89. The van der Waals surface area contributed by atoms with E-state index in [4.69, 9.17) is 9.47 Å². The molecule has 2 fully saturated rings. The Labute approximate surface area is 171 Å². The number of ether oxygens (including phenoxy) is 2. The number of benzene rings is 1. The van der Waals surface area contributed by atoms with Crippen LogP contribution in [0.25, 0.3) is 0 Å². The lowest BCUT2D eigenvalue weighted by atomic mass is 9.62. The van der Waals surface area contributed by atoms with Crippen LogP contribution in [0.1, 0.15) is 52.0 Å². The van der Waals surface area contributed by atoms with Crippen LogP contribution in [0.3, 0.4) is 0 Å². The number of piperidine rings is 1. The minimum Gasteiger partial charge on any atom is -0.481 e. The van der Waals surface area contributed by atoms with Gasteiger partial charge in [0.1, 0.15) is 12.2 Å². The lowest BCUT2D eigenvalue weighted by Crippen LogP contribution is -2.65. The summed E-state index contributed by atoms with van der Waals surface area (Å²) in [5, 5.41) is 9.42. The summed E-state index contributed by atoms with van der Waals surface area (Å²) in [6, 6.07) is 9.34. The Balaban J connectivity index is 1.68. The number of likely N-dealkylation sites (tertiary alicyclic amines) is 1. The van der Waals surface area contributed by atoms with Crippen LogP contribution in [0.4, 0.5) is 4.79 Å². The molecule has 7 nitrogen and oxygen atoms in total. The summed E-state index contributed by atoms with van der Waals surface area (Å²) in [5.74, 6) is -2.07. The first-order valence-electron chi connectivity index (χ1n) is 10.0. The molecule has 0 radical (unpaired) electrons. The van der Waals surface area contributed by atoms with E-state index in [0.29, 0.717) is 25.7 Å². The van der Waals surface area contributed by atoms with E-state index in [1.807, 2.05) is 51.1 Å². The van der Waals surface area contributed by atoms with Gasteiger partial charge in [0.15, 0.2) is 0 Å². The van der Waals surface area contributed by atoms with E-state index < -0.39 is 29.1 Å². The molecule has 158 valence electrons. The van der Waals surface area contributed by atoms with Crippen LogP contribution in [-0.2, 0) is 25.7 Å². The molecular formula is C22H29NO6. The molecule has 1 aromatic carbocycles. The van der Waals surface area contributed by atoms with E-state index in [-0.39, 0.29) is 25.0 Å². The maximum absolute atomic E-state index is 12.8. The molecular weight excluding hydrogens is 374 g/mol. The van der Waals surface area contributed by atoms with Gasteiger partial charge in [0.2, 0.25) is 0 Å². The fourth-order valence-corrected chi connectivity index (χ4v) is 4.18. The van der Waals surface area contributed by atoms with Gasteiger partial charge < -0.3 is 19.5 Å². The molecule has 1 aliphatic carbocycles. The molecule has 1 N–H and O–H groups in total. The minimum atomic E-state index is -0.913. The van der Waals surface area contributed by atoms with Crippen molar-refractivity contribution >= 4 is 18.0 Å². The Morgan fingerprint density at radius 3 is 2.38 bits per heavy atom. The van der Waals surface area contributed by atoms with Gasteiger partial charge in [0.05, 0.1) is 11.8 Å². The second kappa shape index (κ2) is 8.05. The number of carbonyl (C=O) groups excluding carboxylic acids is 2. The summed E-state index contributed by atoms with van der Waals surface area (Å²) in [5.41, 5.74) is -0.224. The van der Waals surface area contributed by atoms with E-state index in [1.54, 1.807) is 4.90 Å². The number of rotatable bonds is 4. The van der Waals surface area contributed by atoms with Gasteiger partial charge >= 0.3 is 18.0 Å². The number of hydrogen-bond acceptors (Lipinski definition) is 5. The highest BCUT2D eigenvalue weighted by Gasteiger charge is 2.56. The average Bonchev–Trinajstić information content (AvgIpc) is 2.63. The highest BCUT2D eigenvalue weighted by molar-refractivity contribution is 5.77. The van der Waals surface area contributed by atoms with Gasteiger partial charge in [-0.25, -0.2) is 4.79 Å². The van der Waals surface area contributed by atoms with Gasteiger partial charge in [0, 0.05) is 12.1 Å². The summed E-state index contributed by atoms with van der Waals surface area (Å²) in [6.07, 6.45) is 1.47. The van der Waals surface area contributed by atoms with E-state index >= 15 is 0 Å². The Hall–Kier alpha value is -2.57. The van der Waals surface area contributed by atoms with Crippen molar-refractivity contribution in [2.24, 2.45) is 11.8 Å². The Morgan fingerprint density at radius 2 is 1.79 bits per heavy atom. The zero-order valence-electron chi connectivity index (χ0n) is 17.2. The number of esters is 1. The van der Waals surface area contributed by atoms with Gasteiger partial charge in [-0.1, -0.05) is 30.3 Å². The molecule has 1 saturated heterocycles. The Morgan fingerprint density at radius 1 is 1.14 bits per heavy atom. The van der Waals surface area contributed by atoms with Crippen molar-refractivity contribution in [2.45, 2.75) is 64.2 Å². The zero-order valence-corrected chi connectivity index (χ0v) is 17.2.